The summed E-state index contributed by atoms with van der Waals surface area (Å²) in [5.41, 5.74) is 2.87. The molecule has 0 aromatic heterocycles. The van der Waals surface area contributed by atoms with Crippen LogP contribution in [0.2, 0.25) is 0 Å². The molecular formula is C17H30N2. The average Bonchev–Trinajstić information content (AvgIpc) is 2.32. The Hall–Kier alpha value is -1.02. The number of anilines is 1. The standard InChI is InChI=1S/C17H30N2/c1-7-19(16-10-8-9-14(2)11-16)13-15(3)12-18-17(4,5)6/h8-11,15,18H,7,12-13H2,1-6H3. The molecule has 2 heteroatoms. The maximum atomic E-state index is 3.59. The molecule has 0 saturated carbocycles. The summed E-state index contributed by atoms with van der Waals surface area (Å²) in [5, 5.41) is 3.59. The molecule has 0 amide bonds. The van der Waals surface area contributed by atoms with Gasteiger partial charge in [0.2, 0.25) is 0 Å². The minimum atomic E-state index is 0.203. The van der Waals surface area contributed by atoms with Gasteiger partial charge in [-0.3, -0.25) is 0 Å². The first-order chi connectivity index (χ1) is 8.81. The van der Waals surface area contributed by atoms with Crippen molar-refractivity contribution in [2.45, 2.75) is 47.1 Å². The van der Waals surface area contributed by atoms with Gasteiger partial charge in [-0.1, -0.05) is 19.1 Å². The van der Waals surface area contributed by atoms with E-state index in [4.69, 9.17) is 0 Å². The minimum Gasteiger partial charge on any atom is -0.371 e. The number of aryl methyl sites for hydroxylation is 1. The monoisotopic (exact) mass is 262 g/mol. The highest BCUT2D eigenvalue weighted by atomic mass is 15.1. The Morgan fingerprint density at radius 3 is 2.47 bits per heavy atom. The van der Waals surface area contributed by atoms with E-state index < -0.39 is 0 Å². The number of hydrogen-bond donors (Lipinski definition) is 1. The van der Waals surface area contributed by atoms with Gasteiger partial charge in [0.1, 0.15) is 0 Å². The summed E-state index contributed by atoms with van der Waals surface area (Å²) in [5.74, 6) is 0.639. The molecule has 2 nitrogen and oxygen atoms in total. The van der Waals surface area contributed by atoms with Gasteiger partial charge in [-0.25, -0.2) is 0 Å². The average molecular weight is 262 g/mol. The summed E-state index contributed by atoms with van der Waals surface area (Å²) >= 11 is 0. The van der Waals surface area contributed by atoms with Crippen molar-refractivity contribution in [3.05, 3.63) is 29.8 Å². The highest BCUT2D eigenvalue weighted by Gasteiger charge is 2.13. The Labute approximate surface area is 119 Å². The van der Waals surface area contributed by atoms with E-state index in [1.165, 1.54) is 11.3 Å². The first-order valence-corrected chi connectivity index (χ1v) is 7.38. The molecule has 0 radical (unpaired) electrons. The third-order valence-corrected chi connectivity index (χ3v) is 3.26. The lowest BCUT2D eigenvalue weighted by molar-refractivity contribution is 0.382. The normalized spacial score (nSPS) is 13.4. The van der Waals surface area contributed by atoms with E-state index in [1.54, 1.807) is 0 Å². The number of nitrogens with zero attached hydrogens (tertiary/aromatic N) is 1. The van der Waals surface area contributed by atoms with Crippen molar-refractivity contribution in [3.63, 3.8) is 0 Å². The van der Waals surface area contributed by atoms with Gasteiger partial charge in [0.25, 0.3) is 0 Å². The fraction of sp³-hybridized carbons (Fsp3) is 0.647. The lowest BCUT2D eigenvalue weighted by atomic mass is 10.1. The largest absolute Gasteiger partial charge is 0.371 e. The van der Waals surface area contributed by atoms with Crippen molar-refractivity contribution in [3.8, 4) is 0 Å². The fourth-order valence-electron chi connectivity index (χ4n) is 2.16. The zero-order valence-electron chi connectivity index (χ0n) is 13.5. The summed E-state index contributed by atoms with van der Waals surface area (Å²) in [7, 11) is 0. The number of rotatable bonds is 6. The summed E-state index contributed by atoms with van der Waals surface area (Å²) in [6, 6.07) is 8.78. The third-order valence-electron chi connectivity index (χ3n) is 3.26. The van der Waals surface area contributed by atoms with Crippen LogP contribution in [0.25, 0.3) is 0 Å². The van der Waals surface area contributed by atoms with Crippen LogP contribution in [-0.2, 0) is 0 Å². The van der Waals surface area contributed by atoms with Gasteiger partial charge in [-0.15, -0.1) is 0 Å². The molecular weight excluding hydrogens is 232 g/mol. The molecule has 1 atom stereocenters. The molecule has 1 N–H and O–H groups in total. The third kappa shape index (κ3) is 6.11. The van der Waals surface area contributed by atoms with Gasteiger partial charge in [-0.2, -0.15) is 0 Å². The summed E-state index contributed by atoms with van der Waals surface area (Å²) in [6.45, 7) is 16.6. The van der Waals surface area contributed by atoms with E-state index in [2.05, 4.69) is 76.0 Å². The van der Waals surface area contributed by atoms with Crippen LogP contribution < -0.4 is 10.2 Å². The highest BCUT2D eigenvalue weighted by Crippen LogP contribution is 2.17. The van der Waals surface area contributed by atoms with Crippen LogP contribution in [0.15, 0.2) is 24.3 Å². The van der Waals surface area contributed by atoms with E-state index in [9.17, 15) is 0 Å². The number of nitrogens with one attached hydrogen (secondary N) is 1. The van der Waals surface area contributed by atoms with Gasteiger partial charge < -0.3 is 10.2 Å². The molecule has 0 aliphatic rings. The topological polar surface area (TPSA) is 15.3 Å². The van der Waals surface area contributed by atoms with E-state index in [0.29, 0.717) is 5.92 Å². The van der Waals surface area contributed by atoms with Crippen molar-refractivity contribution in [1.82, 2.24) is 5.32 Å². The number of benzene rings is 1. The van der Waals surface area contributed by atoms with E-state index >= 15 is 0 Å². The Balaban J connectivity index is 2.57. The van der Waals surface area contributed by atoms with Crippen LogP contribution in [0.4, 0.5) is 5.69 Å². The molecule has 0 saturated heterocycles. The summed E-state index contributed by atoms with van der Waals surface area (Å²) in [4.78, 5) is 2.46. The molecule has 1 unspecified atom stereocenters. The van der Waals surface area contributed by atoms with E-state index in [0.717, 1.165) is 19.6 Å². The van der Waals surface area contributed by atoms with Crippen LogP contribution in [0.3, 0.4) is 0 Å². The van der Waals surface area contributed by atoms with Crippen molar-refractivity contribution >= 4 is 5.69 Å². The van der Waals surface area contributed by atoms with Crippen molar-refractivity contribution in [1.29, 1.82) is 0 Å². The van der Waals surface area contributed by atoms with Crippen LogP contribution in [0, 0.1) is 12.8 Å². The predicted octanol–water partition coefficient (Wildman–Crippen LogP) is 3.85. The Morgan fingerprint density at radius 2 is 1.95 bits per heavy atom. The SMILES string of the molecule is CCN(CC(C)CNC(C)(C)C)c1cccc(C)c1. The molecule has 1 aromatic rings. The molecule has 0 fully saturated rings. The first kappa shape index (κ1) is 16.0. The van der Waals surface area contributed by atoms with Gasteiger partial charge in [0, 0.05) is 24.3 Å². The predicted molar refractivity (Wildman–Crippen MR) is 86.0 cm³/mol. The molecule has 0 aliphatic heterocycles. The van der Waals surface area contributed by atoms with Crippen molar-refractivity contribution in [2.75, 3.05) is 24.5 Å². The lowest BCUT2D eigenvalue weighted by Crippen LogP contribution is -2.41. The second-order valence-electron chi connectivity index (χ2n) is 6.61. The summed E-state index contributed by atoms with van der Waals surface area (Å²) < 4.78 is 0. The molecule has 0 bridgehead atoms. The van der Waals surface area contributed by atoms with Gasteiger partial charge in [0.05, 0.1) is 0 Å². The second kappa shape index (κ2) is 6.95. The molecule has 0 aliphatic carbocycles. The summed E-state index contributed by atoms with van der Waals surface area (Å²) in [6.07, 6.45) is 0. The molecule has 19 heavy (non-hydrogen) atoms. The maximum Gasteiger partial charge on any atom is 0.0368 e. The van der Waals surface area contributed by atoms with E-state index in [1.807, 2.05) is 0 Å². The number of hydrogen-bond acceptors (Lipinski definition) is 2. The Morgan fingerprint density at radius 1 is 1.26 bits per heavy atom. The quantitative estimate of drug-likeness (QED) is 0.838. The van der Waals surface area contributed by atoms with Crippen LogP contribution in [-0.4, -0.2) is 25.2 Å². The van der Waals surface area contributed by atoms with E-state index in [-0.39, 0.29) is 5.54 Å². The lowest BCUT2D eigenvalue weighted by Gasteiger charge is -2.29. The molecule has 1 aromatic carbocycles. The van der Waals surface area contributed by atoms with Crippen molar-refractivity contribution in [2.24, 2.45) is 5.92 Å². The molecule has 1 rings (SSSR count). The minimum absolute atomic E-state index is 0.203. The highest BCUT2D eigenvalue weighted by molar-refractivity contribution is 5.48. The van der Waals surface area contributed by atoms with Crippen molar-refractivity contribution < 1.29 is 0 Å². The Kier molecular flexibility index (Phi) is 5.86. The first-order valence-electron chi connectivity index (χ1n) is 7.38. The van der Waals surface area contributed by atoms with Crippen LogP contribution in [0.5, 0.6) is 0 Å². The smallest absolute Gasteiger partial charge is 0.0368 e. The zero-order chi connectivity index (χ0) is 14.5. The van der Waals surface area contributed by atoms with Gasteiger partial charge in [0.15, 0.2) is 0 Å². The maximum absolute atomic E-state index is 3.59. The molecule has 0 heterocycles. The second-order valence-corrected chi connectivity index (χ2v) is 6.61. The van der Waals surface area contributed by atoms with Gasteiger partial charge >= 0.3 is 0 Å². The van der Waals surface area contributed by atoms with Crippen LogP contribution >= 0.6 is 0 Å². The Bertz CT molecular complexity index is 379. The van der Waals surface area contributed by atoms with Crippen LogP contribution in [0.1, 0.15) is 40.2 Å². The fourth-order valence-corrected chi connectivity index (χ4v) is 2.16. The van der Waals surface area contributed by atoms with Gasteiger partial charge in [-0.05, 0) is 64.8 Å². The molecule has 0 spiro atoms. The zero-order valence-corrected chi connectivity index (χ0v) is 13.5. The molecule has 108 valence electrons.